The van der Waals surface area contributed by atoms with E-state index in [0.29, 0.717) is 16.5 Å². The van der Waals surface area contributed by atoms with Crippen LogP contribution in [0.4, 0.5) is 5.69 Å². The second kappa shape index (κ2) is 5.14. The van der Waals surface area contributed by atoms with Crippen LogP contribution in [0.5, 0.6) is 0 Å². The first-order valence-electron chi connectivity index (χ1n) is 5.18. The molecular formula is C12H12N2O3S. The molecule has 5 nitrogen and oxygen atoms in total. The molecule has 1 heterocycles. The zero-order valence-corrected chi connectivity index (χ0v) is 10.8. The molecule has 2 N–H and O–H groups in total. The Bertz CT molecular complexity index is 580. The van der Waals surface area contributed by atoms with Crippen LogP contribution in [0.2, 0.25) is 0 Å². The van der Waals surface area contributed by atoms with E-state index in [4.69, 9.17) is 10.2 Å². The van der Waals surface area contributed by atoms with Gasteiger partial charge in [0.25, 0.3) is 5.22 Å². The summed E-state index contributed by atoms with van der Waals surface area (Å²) in [7, 11) is 1.32. The van der Waals surface area contributed by atoms with Crippen LogP contribution in [0.1, 0.15) is 16.1 Å². The van der Waals surface area contributed by atoms with Crippen molar-refractivity contribution in [2.75, 3.05) is 12.8 Å². The van der Waals surface area contributed by atoms with Crippen molar-refractivity contribution < 1.29 is 13.9 Å². The Balaban J connectivity index is 2.27. The molecule has 1 aromatic heterocycles. The van der Waals surface area contributed by atoms with Gasteiger partial charge in [-0.3, -0.25) is 0 Å². The third-order valence-electron chi connectivity index (χ3n) is 2.23. The highest BCUT2D eigenvalue weighted by Gasteiger charge is 2.12. The van der Waals surface area contributed by atoms with Crippen LogP contribution in [-0.2, 0) is 4.74 Å². The van der Waals surface area contributed by atoms with Crippen LogP contribution in [-0.4, -0.2) is 18.1 Å². The molecule has 2 rings (SSSR count). The number of rotatable bonds is 3. The lowest BCUT2D eigenvalue weighted by Gasteiger charge is -2.05. The first kappa shape index (κ1) is 12.5. The number of oxazole rings is 1. The summed E-state index contributed by atoms with van der Waals surface area (Å²) in [4.78, 5) is 16.5. The highest BCUT2D eigenvalue weighted by molar-refractivity contribution is 7.99. The molecule has 0 fully saturated rings. The number of nitrogens with two attached hydrogens (primary N) is 1. The van der Waals surface area contributed by atoms with Gasteiger partial charge in [0.05, 0.1) is 18.4 Å². The first-order chi connectivity index (χ1) is 8.60. The summed E-state index contributed by atoms with van der Waals surface area (Å²) in [6.45, 7) is 1.84. The molecule has 1 aromatic carbocycles. The van der Waals surface area contributed by atoms with E-state index < -0.39 is 5.97 Å². The smallest absolute Gasteiger partial charge is 0.339 e. The number of esters is 1. The number of benzene rings is 1. The van der Waals surface area contributed by atoms with Crippen molar-refractivity contribution in [2.45, 2.75) is 17.0 Å². The van der Waals surface area contributed by atoms with Crippen LogP contribution in [0.3, 0.4) is 0 Å². The molecule has 0 amide bonds. The Morgan fingerprint density at radius 2 is 2.28 bits per heavy atom. The molecule has 0 saturated carbocycles. The maximum atomic E-state index is 11.5. The molecular weight excluding hydrogens is 252 g/mol. The summed E-state index contributed by atoms with van der Waals surface area (Å²) in [6.07, 6.45) is 1.57. The standard InChI is InChI=1S/C12H12N2O3S/c1-7-6-17-12(14-7)18-8-3-4-10(13)9(5-8)11(15)16-2/h3-6H,13H2,1-2H3. The number of nitrogen functional groups attached to an aromatic ring is 1. The van der Waals surface area contributed by atoms with Crippen LogP contribution < -0.4 is 5.73 Å². The Morgan fingerprint density at radius 3 is 2.89 bits per heavy atom. The number of methoxy groups -OCH3 is 1. The van der Waals surface area contributed by atoms with E-state index in [9.17, 15) is 4.79 Å². The zero-order valence-electron chi connectivity index (χ0n) is 9.97. The largest absolute Gasteiger partial charge is 0.465 e. The average molecular weight is 264 g/mol. The van der Waals surface area contributed by atoms with Gasteiger partial charge in [-0.1, -0.05) is 0 Å². The second-order valence-corrected chi connectivity index (χ2v) is 4.62. The zero-order chi connectivity index (χ0) is 13.1. The SMILES string of the molecule is COC(=O)c1cc(Sc2nc(C)co2)ccc1N. The average Bonchev–Trinajstić information content (AvgIpc) is 2.76. The maximum absolute atomic E-state index is 11.5. The molecule has 0 unspecified atom stereocenters. The molecule has 0 aliphatic heterocycles. The van der Waals surface area contributed by atoms with Gasteiger partial charge in [0.2, 0.25) is 0 Å². The molecule has 0 radical (unpaired) electrons. The topological polar surface area (TPSA) is 78.3 Å². The minimum Gasteiger partial charge on any atom is -0.465 e. The second-order valence-electron chi connectivity index (χ2n) is 3.60. The van der Waals surface area contributed by atoms with Crippen LogP contribution in [0, 0.1) is 6.92 Å². The quantitative estimate of drug-likeness (QED) is 0.678. The molecule has 0 atom stereocenters. The Morgan fingerprint density at radius 1 is 1.50 bits per heavy atom. The number of carbonyl (C=O) groups is 1. The van der Waals surface area contributed by atoms with Crippen molar-refractivity contribution >= 4 is 23.4 Å². The lowest BCUT2D eigenvalue weighted by molar-refractivity contribution is 0.0601. The third kappa shape index (κ3) is 2.65. The summed E-state index contributed by atoms with van der Waals surface area (Å²) < 4.78 is 9.89. The number of aromatic nitrogens is 1. The molecule has 0 aliphatic rings. The maximum Gasteiger partial charge on any atom is 0.339 e. The van der Waals surface area contributed by atoms with E-state index in [-0.39, 0.29) is 0 Å². The van der Waals surface area contributed by atoms with Crippen LogP contribution in [0.15, 0.2) is 39.0 Å². The molecule has 2 aromatic rings. The molecule has 0 spiro atoms. The van der Waals surface area contributed by atoms with E-state index in [2.05, 4.69) is 9.72 Å². The lowest BCUT2D eigenvalue weighted by Crippen LogP contribution is -2.05. The molecule has 0 bridgehead atoms. The summed E-state index contributed by atoms with van der Waals surface area (Å²) in [5, 5.41) is 0.521. The summed E-state index contributed by atoms with van der Waals surface area (Å²) >= 11 is 1.32. The Hall–Kier alpha value is -1.95. The number of ether oxygens (including phenoxy) is 1. The van der Waals surface area contributed by atoms with E-state index in [1.807, 2.05) is 6.92 Å². The van der Waals surface area contributed by atoms with Gasteiger partial charge in [0, 0.05) is 10.6 Å². The van der Waals surface area contributed by atoms with Crippen molar-refractivity contribution in [3.8, 4) is 0 Å². The Kier molecular flexibility index (Phi) is 3.57. The number of carbonyl (C=O) groups excluding carboxylic acids is 1. The number of anilines is 1. The van der Waals surface area contributed by atoms with Gasteiger partial charge in [-0.15, -0.1) is 0 Å². The molecule has 18 heavy (non-hydrogen) atoms. The highest BCUT2D eigenvalue weighted by atomic mass is 32.2. The minimum absolute atomic E-state index is 0.339. The molecule has 0 saturated heterocycles. The predicted octanol–water partition coefficient (Wildman–Crippen LogP) is 2.50. The Labute approximate surface area is 108 Å². The highest BCUT2D eigenvalue weighted by Crippen LogP contribution is 2.29. The van der Waals surface area contributed by atoms with E-state index in [1.165, 1.54) is 18.9 Å². The fraction of sp³-hybridized carbons (Fsp3) is 0.167. The van der Waals surface area contributed by atoms with Gasteiger partial charge in [-0.2, -0.15) is 0 Å². The molecule has 94 valence electrons. The van der Waals surface area contributed by atoms with Crippen LogP contribution in [0.25, 0.3) is 0 Å². The van der Waals surface area contributed by atoms with Crippen molar-refractivity contribution in [3.05, 3.63) is 35.7 Å². The normalized spacial score (nSPS) is 10.3. The summed E-state index contributed by atoms with van der Waals surface area (Å²) in [5.74, 6) is -0.460. The first-order valence-corrected chi connectivity index (χ1v) is 5.99. The van der Waals surface area contributed by atoms with E-state index in [0.717, 1.165) is 10.6 Å². The van der Waals surface area contributed by atoms with Gasteiger partial charge in [-0.05, 0) is 36.9 Å². The predicted molar refractivity (Wildman–Crippen MR) is 67.6 cm³/mol. The molecule has 6 heteroatoms. The van der Waals surface area contributed by atoms with Crippen LogP contribution >= 0.6 is 11.8 Å². The summed E-state index contributed by atoms with van der Waals surface area (Å²) in [5.41, 5.74) is 7.24. The van der Waals surface area contributed by atoms with Crippen molar-refractivity contribution in [1.82, 2.24) is 4.98 Å². The van der Waals surface area contributed by atoms with Gasteiger partial charge < -0.3 is 14.9 Å². The van der Waals surface area contributed by atoms with Gasteiger partial charge in [0.15, 0.2) is 0 Å². The lowest BCUT2D eigenvalue weighted by atomic mass is 10.2. The number of hydrogen-bond donors (Lipinski definition) is 1. The number of hydrogen-bond acceptors (Lipinski definition) is 6. The van der Waals surface area contributed by atoms with Gasteiger partial charge in [0.1, 0.15) is 6.26 Å². The third-order valence-corrected chi connectivity index (χ3v) is 3.08. The summed E-state index contributed by atoms with van der Waals surface area (Å²) in [6, 6.07) is 5.11. The van der Waals surface area contributed by atoms with E-state index >= 15 is 0 Å². The number of nitrogens with zero attached hydrogens (tertiary/aromatic N) is 1. The van der Waals surface area contributed by atoms with Crippen molar-refractivity contribution in [2.24, 2.45) is 0 Å². The minimum atomic E-state index is -0.460. The fourth-order valence-corrected chi connectivity index (χ4v) is 2.17. The van der Waals surface area contributed by atoms with E-state index in [1.54, 1.807) is 24.5 Å². The fourth-order valence-electron chi connectivity index (χ4n) is 1.37. The van der Waals surface area contributed by atoms with Gasteiger partial charge in [-0.25, -0.2) is 9.78 Å². The number of aryl methyl sites for hydroxylation is 1. The van der Waals surface area contributed by atoms with Crippen molar-refractivity contribution in [3.63, 3.8) is 0 Å². The van der Waals surface area contributed by atoms with Gasteiger partial charge >= 0.3 is 5.97 Å². The monoisotopic (exact) mass is 264 g/mol. The van der Waals surface area contributed by atoms with Crippen molar-refractivity contribution in [1.29, 1.82) is 0 Å². The molecule has 0 aliphatic carbocycles.